The Kier molecular flexibility index (Phi) is 5.25. The van der Waals surface area contributed by atoms with Crippen molar-refractivity contribution in [3.63, 3.8) is 0 Å². The first kappa shape index (κ1) is 13.8. The lowest BCUT2D eigenvalue weighted by Crippen LogP contribution is -2.44. The second-order valence-electron chi connectivity index (χ2n) is 4.91. The van der Waals surface area contributed by atoms with Gasteiger partial charge in [0.15, 0.2) is 5.84 Å². The molecule has 17 heavy (non-hydrogen) atoms. The van der Waals surface area contributed by atoms with E-state index in [2.05, 4.69) is 5.16 Å². The molecule has 0 spiro atoms. The van der Waals surface area contributed by atoms with Crippen molar-refractivity contribution in [3.05, 3.63) is 0 Å². The monoisotopic (exact) mass is 241 g/mol. The van der Waals surface area contributed by atoms with E-state index in [0.29, 0.717) is 12.3 Å². The Morgan fingerprint density at radius 2 is 2.06 bits per heavy atom. The van der Waals surface area contributed by atoms with Crippen LogP contribution in [0.25, 0.3) is 0 Å². The first-order valence-electron chi connectivity index (χ1n) is 6.29. The summed E-state index contributed by atoms with van der Waals surface area (Å²) in [6, 6.07) is -0.351. The molecule has 0 aliphatic heterocycles. The van der Waals surface area contributed by atoms with Gasteiger partial charge in [-0.1, -0.05) is 24.4 Å². The Balaban J connectivity index is 2.45. The zero-order valence-electron chi connectivity index (χ0n) is 10.7. The number of hydrogen-bond donors (Lipinski definition) is 2. The van der Waals surface area contributed by atoms with Gasteiger partial charge in [-0.05, 0) is 25.7 Å². The van der Waals surface area contributed by atoms with Crippen molar-refractivity contribution in [2.75, 3.05) is 7.05 Å². The predicted octanol–water partition coefficient (Wildman–Crippen LogP) is 1.55. The van der Waals surface area contributed by atoms with Gasteiger partial charge in [-0.2, -0.15) is 0 Å². The maximum absolute atomic E-state index is 12.0. The van der Waals surface area contributed by atoms with Crippen molar-refractivity contribution in [1.82, 2.24) is 4.90 Å². The average Bonchev–Trinajstić information content (AvgIpc) is 2.37. The lowest BCUT2D eigenvalue weighted by atomic mass is 9.86. The number of amidine groups is 1. The lowest BCUT2D eigenvalue weighted by molar-refractivity contribution is -0.131. The highest BCUT2D eigenvalue weighted by Crippen LogP contribution is 2.26. The maximum atomic E-state index is 12.0. The molecule has 1 atom stereocenters. The lowest BCUT2D eigenvalue weighted by Gasteiger charge is -2.27. The van der Waals surface area contributed by atoms with E-state index >= 15 is 0 Å². The van der Waals surface area contributed by atoms with E-state index in [9.17, 15) is 4.79 Å². The molecule has 1 fully saturated rings. The molecule has 1 amide bonds. The molecule has 5 nitrogen and oxygen atoms in total. The standard InChI is InChI=1S/C12H23N3O2/c1-9(12(13)14-17)15(2)11(16)8-10-6-4-3-5-7-10/h9-10,17H,3-8H2,1-2H3,(H2,13,14). The van der Waals surface area contributed by atoms with Crippen LogP contribution in [0.15, 0.2) is 5.16 Å². The molecule has 0 radical (unpaired) electrons. The van der Waals surface area contributed by atoms with Gasteiger partial charge in [0.05, 0.1) is 6.04 Å². The van der Waals surface area contributed by atoms with Gasteiger partial charge in [0.25, 0.3) is 0 Å². The van der Waals surface area contributed by atoms with Crippen LogP contribution in [0.2, 0.25) is 0 Å². The van der Waals surface area contributed by atoms with Crippen LogP contribution in [0.1, 0.15) is 45.4 Å². The van der Waals surface area contributed by atoms with Crippen LogP contribution in [0.3, 0.4) is 0 Å². The van der Waals surface area contributed by atoms with Crippen molar-refractivity contribution in [2.45, 2.75) is 51.5 Å². The smallest absolute Gasteiger partial charge is 0.223 e. The molecular formula is C12H23N3O2. The number of amides is 1. The zero-order chi connectivity index (χ0) is 12.8. The predicted molar refractivity (Wildman–Crippen MR) is 66.8 cm³/mol. The summed E-state index contributed by atoms with van der Waals surface area (Å²) in [4.78, 5) is 13.6. The Morgan fingerprint density at radius 3 is 2.59 bits per heavy atom. The first-order valence-corrected chi connectivity index (χ1v) is 6.29. The summed E-state index contributed by atoms with van der Waals surface area (Å²) in [5.74, 6) is 0.665. The van der Waals surface area contributed by atoms with Crippen LogP contribution in [0, 0.1) is 5.92 Å². The third-order valence-electron chi connectivity index (χ3n) is 3.71. The number of rotatable bonds is 4. The molecule has 0 aromatic rings. The highest BCUT2D eigenvalue weighted by Gasteiger charge is 2.23. The van der Waals surface area contributed by atoms with Gasteiger partial charge in [0, 0.05) is 13.5 Å². The molecule has 1 rings (SSSR count). The van der Waals surface area contributed by atoms with Crippen LogP contribution < -0.4 is 5.73 Å². The van der Waals surface area contributed by atoms with E-state index in [1.54, 1.807) is 18.9 Å². The Labute approximate surface area is 103 Å². The SMILES string of the molecule is CC(C(N)=NO)N(C)C(=O)CC1CCCCC1. The fraction of sp³-hybridized carbons (Fsp3) is 0.833. The van der Waals surface area contributed by atoms with Gasteiger partial charge in [0.1, 0.15) is 0 Å². The molecule has 0 aromatic heterocycles. The topological polar surface area (TPSA) is 78.9 Å². The zero-order valence-corrected chi connectivity index (χ0v) is 10.7. The minimum atomic E-state index is -0.351. The number of nitrogens with two attached hydrogens (primary N) is 1. The third kappa shape index (κ3) is 3.91. The fourth-order valence-corrected chi connectivity index (χ4v) is 2.28. The molecule has 3 N–H and O–H groups in total. The summed E-state index contributed by atoms with van der Waals surface area (Å²) in [5, 5.41) is 11.5. The molecule has 1 unspecified atom stereocenters. The van der Waals surface area contributed by atoms with Gasteiger partial charge in [-0.25, -0.2) is 0 Å². The van der Waals surface area contributed by atoms with Crippen molar-refractivity contribution >= 4 is 11.7 Å². The van der Waals surface area contributed by atoms with Gasteiger partial charge in [-0.3, -0.25) is 4.79 Å². The normalized spacial score (nSPS) is 20.0. The number of likely N-dealkylation sites (N-methyl/N-ethyl adjacent to an activating group) is 1. The first-order chi connectivity index (χ1) is 8.06. The van der Waals surface area contributed by atoms with Crippen LogP contribution >= 0.6 is 0 Å². The van der Waals surface area contributed by atoms with E-state index in [4.69, 9.17) is 10.9 Å². The van der Waals surface area contributed by atoms with Crippen LogP contribution in [0.4, 0.5) is 0 Å². The van der Waals surface area contributed by atoms with Gasteiger partial charge < -0.3 is 15.8 Å². The third-order valence-corrected chi connectivity index (χ3v) is 3.71. The van der Waals surface area contributed by atoms with Crippen molar-refractivity contribution < 1.29 is 10.0 Å². The minimum Gasteiger partial charge on any atom is -0.409 e. The number of carbonyl (C=O) groups is 1. The molecule has 5 heteroatoms. The molecule has 0 aromatic carbocycles. The highest BCUT2D eigenvalue weighted by molar-refractivity contribution is 5.89. The van der Waals surface area contributed by atoms with Crippen LogP contribution in [-0.4, -0.2) is 34.9 Å². The minimum absolute atomic E-state index is 0.0736. The summed E-state index contributed by atoms with van der Waals surface area (Å²) in [6.07, 6.45) is 6.64. The summed E-state index contributed by atoms with van der Waals surface area (Å²) in [5.41, 5.74) is 5.49. The van der Waals surface area contributed by atoms with Crippen molar-refractivity contribution in [1.29, 1.82) is 0 Å². The summed E-state index contributed by atoms with van der Waals surface area (Å²) >= 11 is 0. The number of hydrogen-bond acceptors (Lipinski definition) is 3. The summed E-state index contributed by atoms with van der Waals surface area (Å²) in [7, 11) is 1.70. The van der Waals surface area contributed by atoms with Gasteiger partial charge in [0.2, 0.25) is 5.91 Å². The Morgan fingerprint density at radius 1 is 1.47 bits per heavy atom. The fourth-order valence-electron chi connectivity index (χ4n) is 2.28. The van der Waals surface area contributed by atoms with E-state index in [1.165, 1.54) is 19.3 Å². The molecule has 0 bridgehead atoms. The van der Waals surface area contributed by atoms with E-state index in [0.717, 1.165) is 12.8 Å². The maximum Gasteiger partial charge on any atom is 0.223 e. The molecule has 1 saturated carbocycles. The number of oxime groups is 1. The second-order valence-corrected chi connectivity index (χ2v) is 4.91. The van der Waals surface area contributed by atoms with Crippen LogP contribution in [0.5, 0.6) is 0 Å². The van der Waals surface area contributed by atoms with Crippen molar-refractivity contribution in [3.8, 4) is 0 Å². The molecule has 1 aliphatic carbocycles. The Bertz CT molecular complexity index is 285. The highest BCUT2D eigenvalue weighted by atomic mass is 16.4. The average molecular weight is 241 g/mol. The quantitative estimate of drug-likeness (QED) is 0.339. The largest absolute Gasteiger partial charge is 0.409 e. The molecule has 98 valence electrons. The molecule has 1 aliphatic rings. The van der Waals surface area contributed by atoms with E-state index < -0.39 is 0 Å². The van der Waals surface area contributed by atoms with E-state index in [-0.39, 0.29) is 17.8 Å². The van der Waals surface area contributed by atoms with E-state index in [1.807, 2.05) is 0 Å². The molecular weight excluding hydrogens is 218 g/mol. The molecule has 0 heterocycles. The second kappa shape index (κ2) is 6.47. The van der Waals surface area contributed by atoms with Crippen LogP contribution in [-0.2, 0) is 4.79 Å². The number of nitrogens with zero attached hydrogens (tertiary/aromatic N) is 2. The summed E-state index contributed by atoms with van der Waals surface area (Å²) in [6.45, 7) is 1.76. The molecule has 0 saturated heterocycles. The van der Waals surface area contributed by atoms with Crippen molar-refractivity contribution in [2.24, 2.45) is 16.8 Å². The number of carbonyl (C=O) groups excluding carboxylic acids is 1. The summed E-state index contributed by atoms with van der Waals surface area (Å²) < 4.78 is 0. The Hall–Kier alpha value is -1.26. The van der Waals surface area contributed by atoms with Gasteiger partial charge >= 0.3 is 0 Å². The van der Waals surface area contributed by atoms with Gasteiger partial charge in [-0.15, -0.1) is 0 Å².